The van der Waals surface area contributed by atoms with Crippen LogP contribution < -0.4 is 17.0 Å². The SMILES string of the molecule is CC1CCN(C(=O)Cn2ccc(=O)[nH]c2=O)C(CN)C1. The number of H-pyrrole nitrogens is 1. The summed E-state index contributed by atoms with van der Waals surface area (Å²) in [7, 11) is 0. The van der Waals surface area contributed by atoms with E-state index in [1.807, 2.05) is 0 Å². The molecule has 1 aromatic heterocycles. The number of nitrogens with one attached hydrogen (secondary N) is 1. The molecule has 0 bridgehead atoms. The van der Waals surface area contributed by atoms with Gasteiger partial charge in [0.15, 0.2) is 0 Å². The minimum Gasteiger partial charge on any atom is -0.337 e. The predicted molar refractivity (Wildman–Crippen MR) is 74.3 cm³/mol. The minimum absolute atomic E-state index is 0.0321. The Kier molecular flexibility index (Phi) is 4.39. The van der Waals surface area contributed by atoms with Crippen LogP contribution in [0.1, 0.15) is 19.8 Å². The molecule has 1 saturated heterocycles. The van der Waals surface area contributed by atoms with Gasteiger partial charge < -0.3 is 10.6 Å². The van der Waals surface area contributed by atoms with E-state index >= 15 is 0 Å². The number of aromatic nitrogens is 2. The summed E-state index contributed by atoms with van der Waals surface area (Å²) in [6.07, 6.45) is 3.18. The molecule has 0 aromatic carbocycles. The van der Waals surface area contributed by atoms with E-state index in [0.717, 1.165) is 12.8 Å². The number of hydrogen-bond acceptors (Lipinski definition) is 4. The van der Waals surface area contributed by atoms with E-state index in [4.69, 9.17) is 5.73 Å². The van der Waals surface area contributed by atoms with Crippen molar-refractivity contribution in [2.75, 3.05) is 13.1 Å². The van der Waals surface area contributed by atoms with Crippen molar-refractivity contribution >= 4 is 5.91 Å². The highest BCUT2D eigenvalue weighted by molar-refractivity contribution is 5.76. The van der Waals surface area contributed by atoms with Gasteiger partial charge in [0.2, 0.25) is 5.91 Å². The highest BCUT2D eigenvalue weighted by Gasteiger charge is 2.28. The van der Waals surface area contributed by atoms with Crippen molar-refractivity contribution < 1.29 is 4.79 Å². The molecule has 1 aliphatic heterocycles. The average molecular weight is 280 g/mol. The Hall–Kier alpha value is -1.89. The fourth-order valence-electron chi connectivity index (χ4n) is 2.61. The molecule has 2 unspecified atom stereocenters. The predicted octanol–water partition coefficient (Wildman–Crippen LogP) is -0.878. The van der Waals surface area contributed by atoms with E-state index < -0.39 is 11.2 Å². The van der Waals surface area contributed by atoms with Gasteiger partial charge in [0.1, 0.15) is 6.54 Å². The summed E-state index contributed by atoms with van der Waals surface area (Å²) in [5.74, 6) is 0.421. The lowest BCUT2D eigenvalue weighted by atomic mass is 9.92. The fourth-order valence-corrected chi connectivity index (χ4v) is 2.61. The number of amides is 1. The highest BCUT2D eigenvalue weighted by Crippen LogP contribution is 2.22. The van der Waals surface area contributed by atoms with Gasteiger partial charge in [-0.05, 0) is 18.8 Å². The van der Waals surface area contributed by atoms with Crippen LogP contribution in [-0.4, -0.2) is 39.5 Å². The second-order valence-corrected chi connectivity index (χ2v) is 5.34. The molecule has 2 rings (SSSR count). The molecule has 2 atom stereocenters. The van der Waals surface area contributed by atoms with Gasteiger partial charge in [-0.15, -0.1) is 0 Å². The summed E-state index contributed by atoms with van der Waals surface area (Å²) in [6.45, 7) is 3.17. The van der Waals surface area contributed by atoms with Gasteiger partial charge in [0.05, 0.1) is 0 Å². The molecule has 2 heterocycles. The summed E-state index contributed by atoms with van der Waals surface area (Å²) in [6, 6.07) is 1.26. The topological polar surface area (TPSA) is 101 Å². The first-order valence-electron chi connectivity index (χ1n) is 6.80. The van der Waals surface area contributed by atoms with E-state index in [2.05, 4.69) is 11.9 Å². The zero-order chi connectivity index (χ0) is 14.7. The van der Waals surface area contributed by atoms with Crippen LogP contribution in [0.2, 0.25) is 0 Å². The molecule has 1 amide bonds. The number of hydrogen-bond donors (Lipinski definition) is 2. The molecule has 7 nitrogen and oxygen atoms in total. The Morgan fingerprint density at radius 3 is 2.90 bits per heavy atom. The standard InChI is InChI=1S/C13H20N4O3/c1-9-2-5-17(10(6-9)7-14)12(19)8-16-4-3-11(18)15-13(16)20/h3-4,9-10H,2,5-8,14H2,1H3,(H,15,18,20). The van der Waals surface area contributed by atoms with E-state index in [9.17, 15) is 14.4 Å². The Morgan fingerprint density at radius 1 is 1.50 bits per heavy atom. The molecule has 0 radical (unpaired) electrons. The van der Waals surface area contributed by atoms with Crippen molar-refractivity contribution in [2.45, 2.75) is 32.4 Å². The maximum Gasteiger partial charge on any atom is 0.328 e. The third kappa shape index (κ3) is 3.16. The number of aromatic amines is 1. The lowest BCUT2D eigenvalue weighted by Crippen LogP contribution is -2.51. The van der Waals surface area contributed by atoms with E-state index in [-0.39, 0.29) is 18.5 Å². The molecular formula is C13H20N4O3. The van der Waals surface area contributed by atoms with Gasteiger partial charge >= 0.3 is 5.69 Å². The number of nitrogens with zero attached hydrogens (tertiary/aromatic N) is 2. The van der Waals surface area contributed by atoms with Crippen molar-refractivity contribution in [1.29, 1.82) is 0 Å². The highest BCUT2D eigenvalue weighted by atomic mass is 16.2. The summed E-state index contributed by atoms with van der Waals surface area (Å²) in [5, 5.41) is 0. The molecule has 20 heavy (non-hydrogen) atoms. The molecule has 0 spiro atoms. The number of carbonyl (C=O) groups excluding carboxylic acids is 1. The van der Waals surface area contributed by atoms with Gasteiger partial charge in [-0.1, -0.05) is 6.92 Å². The van der Waals surface area contributed by atoms with Crippen molar-refractivity contribution in [3.8, 4) is 0 Å². The van der Waals surface area contributed by atoms with E-state index in [0.29, 0.717) is 19.0 Å². The molecule has 1 aromatic rings. The van der Waals surface area contributed by atoms with Crippen LogP contribution >= 0.6 is 0 Å². The summed E-state index contributed by atoms with van der Waals surface area (Å²) < 4.78 is 1.20. The molecule has 7 heteroatoms. The molecule has 0 aliphatic carbocycles. The van der Waals surface area contributed by atoms with Gasteiger partial charge in [0, 0.05) is 31.4 Å². The number of likely N-dealkylation sites (tertiary alicyclic amines) is 1. The van der Waals surface area contributed by atoms with Gasteiger partial charge in [-0.2, -0.15) is 0 Å². The number of piperidine rings is 1. The Balaban J connectivity index is 2.11. The summed E-state index contributed by atoms with van der Waals surface area (Å²) in [4.78, 5) is 38.7. The second kappa shape index (κ2) is 6.04. The van der Waals surface area contributed by atoms with Crippen LogP contribution in [-0.2, 0) is 11.3 Å². The summed E-state index contributed by atoms with van der Waals surface area (Å²) >= 11 is 0. The molecule has 110 valence electrons. The molecular weight excluding hydrogens is 260 g/mol. The zero-order valence-electron chi connectivity index (χ0n) is 11.5. The minimum atomic E-state index is -0.569. The quantitative estimate of drug-likeness (QED) is 0.751. The smallest absolute Gasteiger partial charge is 0.328 e. The van der Waals surface area contributed by atoms with Crippen LogP contribution in [0.5, 0.6) is 0 Å². The first-order chi connectivity index (χ1) is 9.51. The van der Waals surface area contributed by atoms with Crippen LogP contribution in [0.4, 0.5) is 0 Å². The maximum atomic E-state index is 12.3. The average Bonchev–Trinajstić information content (AvgIpc) is 2.41. The summed E-state index contributed by atoms with van der Waals surface area (Å²) in [5.41, 5.74) is 4.69. The zero-order valence-corrected chi connectivity index (χ0v) is 11.5. The van der Waals surface area contributed by atoms with Crippen LogP contribution in [0.15, 0.2) is 21.9 Å². The van der Waals surface area contributed by atoms with Crippen LogP contribution in [0.3, 0.4) is 0 Å². The first-order valence-corrected chi connectivity index (χ1v) is 6.80. The van der Waals surface area contributed by atoms with Gasteiger partial charge in [-0.3, -0.25) is 19.1 Å². The monoisotopic (exact) mass is 280 g/mol. The van der Waals surface area contributed by atoms with E-state index in [1.54, 1.807) is 4.90 Å². The Bertz CT molecular complexity index is 592. The maximum absolute atomic E-state index is 12.3. The molecule has 1 aliphatic rings. The number of carbonyl (C=O) groups is 1. The van der Waals surface area contributed by atoms with Crippen LogP contribution in [0, 0.1) is 5.92 Å². The van der Waals surface area contributed by atoms with Crippen molar-refractivity contribution in [3.63, 3.8) is 0 Å². The van der Waals surface area contributed by atoms with Crippen molar-refractivity contribution in [1.82, 2.24) is 14.5 Å². The Labute approximate surface area is 116 Å². The third-order valence-electron chi connectivity index (χ3n) is 3.77. The third-order valence-corrected chi connectivity index (χ3v) is 3.77. The fraction of sp³-hybridized carbons (Fsp3) is 0.615. The lowest BCUT2D eigenvalue weighted by molar-refractivity contribution is -0.136. The van der Waals surface area contributed by atoms with E-state index in [1.165, 1.54) is 16.8 Å². The number of rotatable bonds is 3. The number of nitrogens with two attached hydrogens (primary N) is 1. The largest absolute Gasteiger partial charge is 0.337 e. The lowest BCUT2D eigenvalue weighted by Gasteiger charge is -2.38. The molecule has 3 N–H and O–H groups in total. The second-order valence-electron chi connectivity index (χ2n) is 5.34. The van der Waals surface area contributed by atoms with Gasteiger partial charge in [0.25, 0.3) is 5.56 Å². The van der Waals surface area contributed by atoms with Crippen molar-refractivity contribution in [2.24, 2.45) is 11.7 Å². The molecule has 0 saturated carbocycles. The first kappa shape index (κ1) is 14.5. The Morgan fingerprint density at radius 2 is 2.25 bits per heavy atom. The van der Waals surface area contributed by atoms with Crippen LogP contribution in [0.25, 0.3) is 0 Å². The van der Waals surface area contributed by atoms with Crippen molar-refractivity contribution in [3.05, 3.63) is 33.1 Å². The van der Waals surface area contributed by atoms with Gasteiger partial charge in [-0.25, -0.2) is 4.79 Å². The normalized spacial score (nSPS) is 22.8. The molecule has 1 fully saturated rings.